The molecule has 34 heavy (non-hydrogen) atoms. The van der Waals surface area contributed by atoms with Crippen LogP contribution in [0, 0.1) is 13.8 Å². The largest absolute Gasteiger partial charge is 0.464 e. The molecular weight excluding hydrogens is 437 g/mol. The van der Waals surface area contributed by atoms with Crippen LogP contribution in [0.25, 0.3) is 11.3 Å². The minimum absolute atomic E-state index is 0.0520. The molecule has 0 fully saturated rings. The number of aryl methyl sites for hydroxylation is 2. The van der Waals surface area contributed by atoms with E-state index in [0.717, 1.165) is 47.3 Å². The van der Waals surface area contributed by atoms with Crippen LogP contribution in [0.3, 0.4) is 0 Å². The predicted molar refractivity (Wildman–Crippen MR) is 126 cm³/mol. The second-order valence-corrected chi connectivity index (χ2v) is 10.5. The van der Waals surface area contributed by atoms with Gasteiger partial charge in [0.1, 0.15) is 17.6 Å². The van der Waals surface area contributed by atoms with E-state index >= 15 is 0 Å². The summed E-state index contributed by atoms with van der Waals surface area (Å²) in [7, 11) is 0. The number of benzene rings is 2. The fourth-order valence-electron chi connectivity index (χ4n) is 6.18. The van der Waals surface area contributed by atoms with Gasteiger partial charge in [0, 0.05) is 16.7 Å². The molecule has 3 nitrogen and oxygen atoms in total. The second kappa shape index (κ2) is 7.00. The highest BCUT2D eigenvalue weighted by atomic mass is 19.4. The van der Waals surface area contributed by atoms with Gasteiger partial charge in [-0.15, -0.1) is 0 Å². The van der Waals surface area contributed by atoms with Gasteiger partial charge < -0.3 is 9.73 Å². The molecule has 0 bridgehead atoms. The average molecular weight is 465 g/mol. The molecule has 176 valence electrons. The Balaban J connectivity index is 1.59. The zero-order valence-electron chi connectivity index (χ0n) is 19.7. The molecule has 0 saturated carbocycles. The van der Waals surface area contributed by atoms with E-state index < -0.39 is 11.7 Å². The van der Waals surface area contributed by atoms with Crippen LogP contribution in [0.15, 0.2) is 46.0 Å². The van der Waals surface area contributed by atoms with Crippen molar-refractivity contribution in [3.63, 3.8) is 0 Å². The van der Waals surface area contributed by atoms with Crippen LogP contribution >= 0.6 is 0 Å². The van der Waals surface area contributed by atoms with E-state index in [1.54, 1.807) is 19.3 Å². The van der Waals surface area contributed by atoms with Crippen LogP contribution in [0.5, 0.6) is 0 Å². The first kappa shape index (κ1) is 21.5. The SMILES string of the molecule is Cc1ccc(C2=NC3c4c(ccc5c4CCCC5(C)C)-c4occ(C)c4C3N2)c(C(F)(F)F)c1. The first-order valence-electron chi connectivity index (χ1n) is 11.8. The average Bonchev–Trinajstić information content (AvgIpc) is 3.36. The lowest BCUT2D eigenvalue weighted by atomic mass is 9.68. The minimum Gasteiger partial charge on any atom is -0.464 e. The fourth-order valence-corrected chi connectivity index (χ4v) is 6.18. The van der Waals surface area contributed by atoms with E-state index in [0.29, 0.717) is 11.4 Å². The highest BCUT2D eigenvalue weighted by Crippen LogP contribution is 2.54. The molecule has 3 aliphatic rings. The summed E-state index contributed by atoms with van der Waals surface area (Å²) in [4.78, 5) is 4.96. The van der Waals surface area contributed by atoms with Gasteiger partial charge in [-0.3, -0.25) is 4.99 Å². The highest BCUT2D eigenvalue weighted by molar-refractivity contribution is 6.02. The van der Waals surface area contributed by atoms with Crippen LogP contribution in [0.1, 0.15) is 83.3 Å². The van der Waals surface area contributed by atoms with Gasteiger partial charge in [-0.2, -0.15) is 13.2 Å². The Labute approximate surface area is 197 Å². The maximum absolute atomic E-state index is 14.0. The molecule has 2 heterocycles. The summed E-state index contributed by atoms with van der Waals surface area (Å²) in [5.74, 6) is 1.11. The number of amidine groups is 1. The van der Waals surface area contributed by atoms with Crippen molar-refractivity contribution in [2.75, 3.05) is 0 Å². The Hall–Kier alpha value is -3.02. The smallest absolute Gasteiger partial charge is 0.417 e. The summed E-state index contributed by atoms with van der Waals surface area (Å²) in [5, 5.41) is 3.38. The van der Waals surface area contributed by atoms with Crippen molar-refractivity contribution in [2.24, 2.45) is 4.99 Å². The molecular formula is C28H27F3N2O. The lowest BCUT2D eigenvalue weighted by molar-refractivity contribution is -0.137. The van der Waals surface area contributed by atoms with E-state index in [1.165, 1.54) is 23.3 Å². The zero-order valence-corrected chi connectivity index (χ0v) is 19.7. The number of rotatable bonds is 1. The molecule has 3 aromatic rings. The third kappa shape index (κ3) is 3.00. The normalized spacial score (nSPS) is 22.3. The number of nitrogens with zero attached hydrogens (tertiary/aromatic N) is 1. The van der Waals surface area contributed by atoms with Gasteiger partial charge in [0.05, 0.1) is 17.9 Å². The lowest BCUT2D eigenvalue weighted by Gasteiger charge is -2.37. The molecule has 2 atom stereocenters. The van der Waals surface area contributed by atoms with Gasteiger partial charge in [0.2, 0.25) is 0 Å². The van der Waals surface area contributed by atoms with Gasteiger partial charge in [-0.05, 0) is 66.8 Å². The molecule has 2 aromatic carbocycles. The third-order valence-electron chi connectivity index (χ3n) is 7.80. The Morgan fingerprint density at radius 3 is 2.59 bits per heavy atom. The summed E-state index contributed by atoms with van der Waals surface area (Å²) >= 11 is 0. The summed E-state index contributed by atoms with van der Waals surface area (Å²) in [6, 6.07) is 8.24. The molecule has 2 unspecified atom stereocenters. The number of halogens is 3. The highest BCUT2D eigenvalue weighted by Gasteiger charge is 2.45. The first-order chi connectivity index (χ1) is 16.1. The van der Waals surface area contributed by atoms with Crippen molar-refractivity contribution >= 4 is 5.84 Å². The maximum Gasteiger partial charge on any atom is 0.417 e. The van der Waals surface area contributed by atoms with Gasteiger partial charge >= 0.3 is 6.18 Å². The standard InChI is InChI=1S/C28H27F3N2O/c1-14-7-8-17(20(12-14)28(29,30)31)26-32-23-21-15(2)13-34-25(21)18-9-10-19-16(22(18)24(23)33-26)6-5-11-27(19,3)4/h7-10,12-13,23-24H,5-6,11H2,1-4H3,(H,32,33). The van der Waals surface area contributed by atoms with Gasteiger partial charge in [0.25, 0.3) is 0 Å². The number of alkyl halides is 3. The maximum atomic E-state index is 14.0. The van der Waals surface area contributed by atoms with E-state index in [-0.39, 0.29) is 23.1 Å². The van der Waals surface area contributed by atoms with Gasteiger partial charge in [-0.1, -0.05) is 43.7 Å². The fraction of sp³-hybridized carbons (Fsp3) is 0.393. The molecule has 0 spiro atoms. The van der Waals surface area contributed by atoms with E-state index in [9.17, 15) is 13.2 Å². The Morgan fingerprint density at radius 1 is 1.06 bits per heavy atom. The molecule has 0 saturated heterocycles. The first-order valence-corrected chi connectivity index (χ1v) is 11.8. The molecule has 0 amide bonds. The summed E-state index contributed by atoms with van der Waals surface area (Å²) in [6.07, 6.45) is 0.425. The molecule has 6 heteroatoms. The van der Waals surface area contributed by atoms with Crippen molar-refractivity contribution in [1.82, 2.24) is 5.32 Å². The van der Waals surface area contributed by atoms with Gasteiger partial charge in [-0.25, -0.2) is 0 Å². The van der Waals surface area contributed by atoms with Crippen molar-refractivity contribution in [3.05, 3.63) is 81.1 Å². The predicted octanol–water partition coefficient (Wildman–Crippen LogP) is 7.34. The number of nitrogens with one attached hydrogen (secondary N) is 1. The molecule has 6 rings (SSSR count). The van der Waals surface area contributed by atoms with Crippen LogP contribution in [0.4, 0.5) is 13.2 Å². The van der Waals surface area contributed by atoms with Crippen LogP contribution < -0.4 is 5.32 Å². The number of aliphatic imine (C=N–C) groups is 1. The van der Waals surface area contributed by atoms with Gasteiger partial charge in [0.15, 0.2) is 0 Å². The molecule has 1 N–H and O–H groups in total. The van der Waals surface area contributed by atoms with Crippen molar-refractivity contribution in [3.8, 4) is 11.3 Å². The third-order valence-corrected chi connectivity index (χ3v) is 7.80. The second-order valence-electron chi connectivity index (χ2n) is 10.5. The van der Waals surface area contributed by atoms with Crippen molar-refractivity contribution < 1.29 is 17.6 Å². The number of fused-ring (bicyclic) bond motifs is 8. The van der Waals surface area contributed by atoms with Crippen LogP contribution in [-0.4, -0.2) is 5.84 Å². The van der Waals surface area contributed by atoms with Crippen LogP contribution in [0.2, 0.25) is 0 Å². The molecule has 0 radical (unpaired) electrons. The molecule has 1 aliphatic heterocycles. The Morgan fingerprint density at radius 2 is 1.82 bits per heavy atom. The molecule has 2 aliphatic carbocycles. The van der Waals surface area contributed by atoms with Crippen molar-refractivity contribution in [2.45, 2.75) is 70.6 Å². The van der Waals surface area contributed by atoms with Crippen LogP contribution in [-0.2, 0) is 18.0 Å². The van der Waals surface area contributed by atoms with E-state index in [2.05, 4.69) is 31.3 Å². The topological polar surface area (TPSA) is 37.5 Å². The summed E-state index contributed by atoms with van der Waals surface area (Å²) in [6.45, 7) is 8.19. The quantitative estimate of drug-likeness (QED) is 0.409. The number of hydrogen-bond donors (Lipinski definition) is 1. The van der Waals surface area contributed by atoms with E-state index in [1.807, 2.05) is 6.92 Å². The van der Waals surface area contributed by atoms with E-state index in [4.69, 9.17) is 9.41 Å². The Bertz CT molecular complexity index is 1360. The zero-order chi connectivity index (χ0) is 24.0. The Kier molecular flexibility index (Phi) is 4.43. The monoisotopic (exact) mass is 464 g/mol. The number of furan rings is 1. The molecule has 1 aromatic heterocycles. The van der Waals surface area contributed by atoms with Crippen molar-refractivity contribution in [1.29, 1.82) is 0 Å². The lowest BCUT2D eigenvalue weighted by Crippen LogP contribution is -2.31. The minimum atomic E-state index is -4.46. The number of hydrogen-bond acceptors (Lipinski definition) is 3. The summed E-state index contributed by atoms with van der Waals surface area (Å²) < 4.78 is 47.9. The summed E-state index contributed by atoms with van der Waals surface area (Å²) in [5.41, 5.74) is 6.78.